The number of hydrogen-bond acceptors (Lipinski definition) is 3. The summed E-state index contributed by atoms with van der Waals surface area (Å²) in [5.74, 6) is -3.13. The minimum absolute atomic E-state index is 0.0797. The van der Waals surface area contributed by atoms with Crippen LogP contribution in [0.15, 0.2) is 42.5 Å². The van der Waals surface area contributed by atoms with Crippen LogP contribution in [0.25, 0.3) is 10.8 Å². The van der Waals surface area contributed by atoms with Gasteiger partial charge in [-0.1, -0.05) is 42.5 Å². The van der Waals surface area contributed by atoms with Gasteiger partial charge in [-0.3, -0.25) is 14.2 Å². The number of carboxylic acids is 2. The maximum atomic E-state index is 12.3. The molecular weight excluding hydrogens is 367 g/mol. The van der Waals surface area contributed by atoms with Crippen LogP contribution in [0.4, 0.5) is 0 Å². The standard InChI is InChI=1S/C20H25O6P/c21-19(22)12-16(13-20(23)24)14-27(25,26)10-4-3-5-15-8-9-17-6-1-2-7-18(17)11-15/h1-2,6-9,11,16H,3-5,10,12-14H2,(H,21,22)(H,23,24)(H,25,26). The van der Waals surface area contributed by atoms with Crippen molar-refractivity contribution >= 4 is 30.1 Å². The first-order chi connectivity index (χ1) is 12.7. The second kappa shape index (κ2) is 9.67. The molecule has 0 fully saturated rings. The van der Waals surface area contributed by atoms with E-state index in [1.807, 2.05) is 24.3 Å². The fraction of sp³-hybridized carbons (Fsp3) is 0.400. The number of unbranched alkanes of at least 4 members (excludes halogenated alkanes) is 1. The monoisotopic (exact) mass is 392 g/mol. The van der Waals surface area contributed by atoms with Crippen molar-refractivity contribution < 1.29 is 29.3 Å². The van der Waals surface area contributed by atoms with Crippen LogP contribution < -0.4 is 0 Å². The molecule has 0 aliphatic rings. The fourth-order valence-electron chi connectivity index (χ4n) is 3.27. The van der Waals surface area contributed by atoms with Crippen LogP contribution in [0.1, 0.15) is 31.2 Å². The first kappa shape index (κ1) is 21.1. The highest BCUT2D eigenvalue weighted by atomic mass is 31.2. The van der Waals surface area contributed by atoms with Crippen molar-refractivity contribution in [3.05, 3.63) is 48.0 Å². The molecule has 0 heterocycles. The largest absolute Gasteiger partial charge is 0.481 e. The van der Waals surface area contributed by atoms with Crippen molar-refractivity contribution in [2.75, 3.05) is 12.3 Å². The molecule has 7 heteroatoms. The highest BCUT2D eigenvalue weighted by Gasteiger charge is 2.27. The number of fused-ring (bicyclic) bond motifs is 1. The Morgan fingerprint density at radius 3 is 2.19 bits per heavy atom. The molecule has 6 nitrogen and oxygen atoms in total. The zero-order chi connectivity index (χ0) is 19.9. The lowest BCUT2D eigenvalue weighted by molar-refractivity contribution is -0.140. The Bertz CT molecular complexity index is 831. The zero-order valence-electron chi connectivity index (χ0n) is 15.1. The van der Waals surface area contributed by atoms with Gasteiger partial charge in [0.1, 0.15) is 0 Å². The van der Waals surface area contributed by atoms with Gasteiger partial charge in [0.05, 0.1) is 0 Å². The van der Waals surface area contributed by atoms with E-state index < -0.39 is 38.1 Å². The number of aryl methyl sites for hydroxylation is 1. The van der Waals surface area contributed by atoms with Gasteiger partial charge in [0.15, 0.2) is 0 Å². The first-order valence-corrected chi connectivity index (χ1v) is 11.0. The normalized spacial score (nSPS) is 13.6. The third kappa shape index (κ3) is 7.53. The van der Waals surface area contributed by atoms with Crippen LogP contribution in [0.3, 0.4) is 0 Å². The summed E-state index contributed by atoms with van der Waals surface area (Å²) in [7, 11) is -3.55. The van der Waals surface area contributed by atoms with Gasteiger partial charge in [-0.05, 0) is 41.5 Å². The Morgan fingerprint density at radius 2 is 1.56 bits per heavy atom. The van der Waals surface area contributed by atoms with E-state index in [0.29, 0.717) is 6.42 Å². The molecule has 0 amide bonds. The van der Waals surface area contributed by atoms with Crippen molar-refractivity contribution in [2.24, 2.45) is 5.92 Å². The second-order valence-electron chi connectivity index (χ2n) is 6.95. The molecule has 3 N–H and O–H groups in total. The topological polar surface area (TPSA) is 112 Å². The molecular formula is C20H25O6P. The predicted octanol–water partition coefficient (Wildman–Crippen LogP) is 4.00. The van der Waals surface area contributed by atoms with Gasteiger partial charge in [0.2, 0.25) is 7.37 Å². The SMILES string of the molecule is O=C(O)CC(CC(=O)O)CP(=O)(O)CCCCc1ccc2ccccc2c1. The number of aliphatic carboxylic acids is 2. The summed E-state index contributed by atoms with van der Waals surface area (Å²) in [4.78, 5) is 31.8. The summed E-state index contributed by atoms with van der Waals surface area (Å²) < 4.78 is 12.3. The predicted molar refractivity (Wildman–Crippen MR) is 104 cm³/mol. The van der Waals surface area contributed by atoms with E-state index in [9.17, 15) is 19.0 Å². The molecule has 1 unspecified atom stereocenters. The van der Waals surface area contributed by atoms with Crippen molar-refractivity contribution in [3.63, 3.8) is 0 Å². The summed E-state index contributed by atoms with van der Waals surface area (Å²) in [5, 5.41) is 20.0. The maximum absolute atomic E-state index is 12.3. The molecule has 0 bridgehead atoms. The Balaban J connectivity index is 1.83. The van der Waals surface area contributed by atoms with Crippen molar-refractivity contribution in [1.82, 2.24) is 0 Å². The highest BCUT2D eigenvalue weighted by Crippen LogP contribution is 2.44. The number of benzene rings is 2. The minimum atomic E-state index is -3.55. The first-order valence-electron chi connectivity index (χ1n) is 8.97. The van der Waals surface area contributed by atoms with E-state index in [1.165, 1.54) is 5.39 Å². The van der Waals surface area contributed by atoms with Gasteiger partial charge >= 0.3 is 11.9 Å². The third-order valence-corrected chi connectivity index (χ3v) is 6.61. The van der Waals surface area contributed by atoms with E-state index in [1.54, 1.807) is 0 Å². The summed E-state index contributed by atoms with van der Waals surface area (Å²) in [6.45, 7) is 0. The average molecular weight is 392 g/mol. The van der Waals surface area contributed by atoms with Crippen LogP contribution in [0.5, 0.6) is 0 Å². The number of carbonyl (C=O) groups is 2. The molecule has 146 valence electrons. The van der Waals surface area contributed by atoms with E-state index in [0.717, 1.165) is 23.8 Å². The van der Waals surface area contributed by atoms with Gasteiger partial charge in [0, 0.05) is 25.2 Å². The summed E-state index contributed by atoms with van der Waals surface area (Å²) >= 11 is 0. The van der Waals surface area contributed by atoms with Crippen LogP contribution in [-0.2, 0) is 20.6 Å². The van der Waals surface area contributed by atoms with Gasteiger partial charge in [-0.25, -0.2) is 0 Å². The summed E-state index contributed by atoms with van der Waals surface area (Å²) in [6.07, 6.45) is 1.07. The van der Waals surface area contributed by atoms with Crippen molar-refractivity contribution in [2.45, 2.75) is 32.1 Å². The van der Waals surface area contributed by atoms with Crippen LogP contribution in [0.2, 0.25) is 0 Å². The molecule has 0 aliphatic heterocycles. The molecule has 0 saturated carbocycles. The molecule has 0 radical (unpaired) electrons. The number of carboxylic acid groups (broad SMARTS) is 2. The van der Waals surface area contributed by atoms with Crippen molar-refractivity contribution in [3.8, 4) is 0 Å². The molecule has 2 aromatic rings. The Labute approximate surface area is 158 Å². The molecule has 0 spiro atoms. The van der Waals surface area contributed by atoms with Crippen LogP contribution in [-0.4, -0.2) is 39.4 Å². The molecule has 2 rings (SSSR count). The van der Waals surface area contributed by atoms with Gasteiger partial charge in [-0.15, -0.1) is 0 Å². The lowest BCUT2D eigenvalue weighted by Gasteiger charge is -2.17. The fourth-order valence-corrected chi connectivity index (χ4v) is 5.24. The Morgan fingerprint density at radius 1 is 0.926 bits per heavy atom. The average Bonchev–Trinajstić information content (AvgIpc) is 2.57. The minimum Gasteiger partial charge on any atom is -0.481 e. The lowest BCUT2D eigenvalue weighted by atomic mass is 10.0. The Kier molecular flexibility index (Phi) is 7.57. The van der Waals surface area contributed by atoms with Crippen molar-refractivity contribution in [1.29, 1.82) is 0 Å². The third-order valence-electron chi connectivity index (χ3n) is 4.51. The van der Waals surface area contributed by atoms with Gasteiger partial charge in [-0.2, -0.15) is 0 Å². The summed E-state index contributed by atoms with van der Waals surface area (Å²) in [5.41, 5.74) is 1.16. The Hall–Kier alpha value is -2.17. The quantitative estimate of drug-likeness (QED) is 0.394. The van der Waals surface area contributed by atoms with E-state index in [2.05, 4.69) is 18.2 Å². The second-order valence-corrected chi connectivity index (χ2v) is 9.46. The van der Waals surface area contributed by atoms with Gasteiger partial charge in [0.25, 0.3) is 0 Å². The molecule has 27 heavy (non-hydrogen) atoms. The van der Waals surface area contributed by atoms with E-state index >= 15 is 0 Å². The van der Waals surface area contributed by atoms with E-state index in [-0.39, 0.29) is 12.3 Å². The summed E-state index contributed by atoms with van der Waals surface area (Å²) in [6, 6.07) is 14.3. The van der Waals surface area contributed by atoms with Crippen LogP contribution in [0, 0.1) is 5.92 Å². The maximum Gasteiger partial charge on any atom is 0.303 e. The smallest absolute Gasteiger partial charge is 0.303 e. The molecule has 0 aromatic heterocycles. The highest BCUT2D eigenvalue weighted by molar-refractivity contribution is 7.58. The molecule has 2 aromatic carbocycles. The number of rotatable bonds is 11. The molecule has 1 atom stereocenters. The molecule has 0 aliphatic carbocycles. The zero-order valence-corrected chi connectivity index (χ0v) is 16.0. The van der Waals surface area contributed by atoms with Crippen LogP contribution >= 0.6 is 7.37 Å². The number of hydrogen-bond donors (Lipinski definition) is 3. The molecule has 0 saturated heterocycles. The lowest BCUT2D eigenvalue weighted by Crippen LogP contribution is -2.17. The van der Waals surface area contributed by atoms with E-state index in [4.69, 9.17) is 10.2 Å². The van der Waals surface area contributed by atoms with Gasteiger partial charge < -0.3 is 15.1 Å².